The van der Waals surface area contributed by atoms with Crippen LogP contribution in [0.1, 0.15) is 20.8 Å². The second kappa shape index (κ2) is 3.11. The van der Waals surface area contributed by atoms with Crippen LogP contribution in [0.15, 0.2) is 0 Å². The number of halogens is 2. The lowest BCUT2D eigenvalue weighted by Crippen LogP contribution is -2.45. The molecule has 0 bridgehead atoms. The van der Waals surface area contributed by atoms with E-state index in [1.54, 1.807) is 0 Å². The van der Waals surface area contributed by atoms with Gasteiger partial charge in [0.2, 0.25) is 0 Å². The highest BCUT2D eigenvalue weighted by Crippen LogP contribution is 2.12. The fraction of sp³-hybridized carbons (Fsp3) is 1.00. The Morgan fingerprint density at radius 1 is 1.44 bits per heavy atom. The van der Waals surface area contributed by atoms with Crippen LogP contribution < -0.4 is 5.32 Å². The minimum Gasteiger partial charge on any atom is -0.307 e. The predicted molar refractivity (Wildman–Crippen MR) is 33.8 cm³/mol. The summed E-state index contributed by atoms with van der Waals surface area (Å²) in [5.41, 5.74) is -1.03. The molecule has 0 fully saturated rings. The summed E-state index contributed by atoms with van der Waals surface area (Å²) in [6.45, 7) is 5.36. The van der Waals surface area contributed by atoms with E-state index in [4.69, 9.17) is 0 Å². The van der Waals surface area contributed by atoms with E-state index in [9.17, 15) is 8.78 Å². The van der Waals surface area contributed by atoms with Crippen LogP contribution in [0.5, 0.6) is 0 Å². The van der Waals surface area contributed by atoms with Crippen LogP contribution in [0.4, 0.5) is 8.78 Å². The fourth-order valence-electron chi connectivity index (χ4n) is 0.533. The van der Waals surface area contributed by atoms with Crippen molar-refractivity contribution in [2.24, 2.45) is 0 Å². The number of rotatable bonds is 3. The third-order valence-electron chi connectivity index (χ3n) is 1.18. The van der Waals surface area contributed by atoms with Gasteiger partial charge in [0, 0.05) is 0 Å². The molecule has 0 rings (SSSR count). The Balaban J connectivity index is 3.70. The first-order valence-corrected chi connectivity index (χ1v) is 3.04. The van der Waals surface area contributed by atoms with Crippen molar-refractivity contribution >= 4 is 0 Å². The molecule has 0 aromatic carbocycles. The monoisotopic (exact) mass is 137 g/mol. The molecule has 0 aliphatic carbocycles. The van der Waals surface area contributed by atoms with Gasteiger partial charge in [0.15, 0.2) is 0 Å². The van der Waals surface area contributed by atoms with E-state index in [2.05, 4.69) is 5.32 Å². The van der Waals surface area contributed by atoms with Gasteiger partial charge in [-0.2, -0.15) is 0 Å². The normalized spacial score (nSPS) is 12.7. The molecule has 56 valence electrons. The SMILES string of the molecule is CCNC(C)(C)C(F)F. The van der Waals surface area contributed by atoms with E-state index >= 15 is 0 Å². The lowest BCUT2D eigenvalue weighted by molar-refractivity contribution is 0.0523. The van der Waals surface area contributed by atoms with Gasteiger partial charge in [0.1, 0.15) is 0 Å². The highest BCUT2D eigenvalue weighted by molar-refractivity contribution is 4.78. The van der Waals surface area contributed by atoms with Crippen molar-refractivity contribution in [1.29, 1.82) is 0 Å². The van der Waals surface area contributed by atoms with E-state index in [0.717, 1.165) is 0 Å². The summed E-state index contributed by atoms with van der Waals surface area (Å²) < 4.78 is 23.9. The molecule has 1 nitrogen and oxygen atoms in total. The first kappa shape index (κ1) is 8.82. The number of alkyl halides is 2. The standard InChI is InChI=1S/C6H13F2N/c1-4-9-6(2,3)5(7)8/h5,9H,4H2,1-3H3. The Morgan fingerprint density at radius 3 is 2.00 bits per heavy atom. The number of nitrogens with one attached hydrogen (secondary N) is 1. The third-order valence-corrected chi connectivity index (χ3v) is 1.18. The fourth-order valence-corrected chi connectivity index (χ4v) is 0.533. The highest BCUT2D eigenvalue weighted by Gasteiger charge is 2.27. The first-order chi connectivity index (χ1) is 4.00. The zero-order chi connectivity index (χ0) is 7.49. The lowest BCUT2D eigenvalue weighted by Gasteiger charge is -2.23. The molecule has 0 aromatic rings. The van der Waals surface area contributed by atoms with Crippen LogP contribution in [0.25, 0.3) is 0 Å². The van der Waals surface area contributed by atoms with Crippen molar-refractivity contribution in [2.75, 3.05) is 6.54 Å². The van der Waals surface area contributed by atoms with Crippen molar-refractivity contribution in [3.63, 3.8) is 0 Å². The molecule has 0 saturated heterocycles. The lowest BCUT2D eigenvalue weighted by atomic mass is 10.1. The van der Waals surface area contributed by atoms with Crippen LogP contribution in [-0.4, -0.2) is 18.5 Å². The second-order valence-corrected chi connectivity index (χ2v) is 2.55. The topological polar surface area (TPSA) is 12.0 Å². The smallest absolute Gasteiger partial charge is 0.255 e. The number of hydrogen-bond acceptors (Lipinski definition) is 1. The van der Waals surface area contributed by atoms with Crippen molar-refractivity contribution in [3.05, 3.63) is 0 Å². The Hall–Kier alpha value is -0.180. The largest absolute Gasteiger partial charge is 0.307 e. The van der Waals surface area contributed by atoms with E-state index in [0.29, 0.717) is 6.54 Å². The zero-order valence-electron chi connectivity index (χ0n) is 6.04. The van der Waals surface area contributed by atoms with E-state index in [1.807, 2.05) is 6.92 Å². The predicted octanol–water partition coefficient (Wildman–Crippen LogP) is 1.64. The van der Waals surface area contributed by atoms with E-state index in [1.165, 1.54) is 13.8 Å². The molecule has 3 heteroatoms. The zero-order valence-corrected chi connectivity index (χ0v) is 6.04. The Labute approximate surface area is 54.4 Å². The summed E-state index contributed by atoms with van der Waals surface area (Å²) in [5, 5.41) is 2.67. The van der Waals surface area contributed by atoms with Gasteiger partial charge in [-0.1, -0.05) is 6.92 Å². The summed E-state index contributed by atoms with van der Waals surface area (Å²) in [6, 6.07) is 0. The summed E-state index contributed by atoms with van der Waals surface area (Å²) in [4.78, 5) is 0. The second-order valence-electron chi connectivity index (χ2n) is 2.55. The molecule has 0 unspecified atom stereocenters. The van der Waals surface area contributed by atoms with Crippen LogP contribution in [0.3, 0.4) is 0 Å². The molecule has 0 heterocycles. The van der Waals surface area contributed by atoms with Gasteiger partial charge >= 0.3 is 0 Å². The van der Waals surface area contributed by atoms with Crippen LogP contribution >= 0.6 is 0 Å². The van der Waals surface area contributed by atoms with Gasteiger partial charge < -0.3 is 5.32 Å². The van der Waals surface area contributed by atoms with Gasteiger partial charge in [-0.15, -0.1) is 0 Å². The average Bonchev–Trinajstić information content (AvgIpc) is 1.65. The first-order valence-electron chi connectivity index (χ1n) is 3.04. The average molecular weight is 137 g/mol. The highest BCUT2D eigenvalue weighted by atomic mass is 19.3. The molecule has 0 aliphatic heterocycles. The van der Waals surface area contributed by atoms with Crippen molar-refractivity contribution in [2.45, 2.75) is 32.7 Å². The molecule has 0 aromatic heterocycles. The van der Waals surface area contributed by atoms with Gasteiger partial charge in [-0.3, -0.25) is 0 Å². The molecule has 0 atom stereocenters. The Morgan fingerprint density at radius 2 is 1.89 bits per heavy atom. The maximum Gasteiger partial charge on any atom is 0.255 e. The molecule has 0 aliphatic rings. The maximum atomic E-state index is 11.9. The molecular weight excluding hydrogens is 124 g/mol. The minimum atomic E-state index is -2.29. The molecular formula is C6H13F2N. The summed E-state index contributed by atoms with van der Waals surface area (Å²) in [5.74, 6) is 0. The van der Waals surface area contributed by atoms with E-state index < -0.39 is 12.0 Å². The van der Waals surface area contributed by atoms with Gasteiger partial charge in [-0.05, 0) is 20.4 Å². The van der Waals surface area contributed by atoms with Crippen LogP contribution in [0.2, 0.25) is 0 Å². The van der Waals surface area contributed by atoms with Gasteiger partial charge in [0.05, 0.1) is 5.54 Å². The molecule has 0 amide bonds. The van der Waals surface area contributed by atoms with Gasteiger partial charge in [-0.25, -0.2) is 8.78 Å². The quantitative estimate of drug-likeness (QED) is 0.623. The molecule has 0 radical (unpaired) electrons. The van der Waals surface area contributed by atoms with Crippen molar-refractivity contribution < 1.29 is 8.78 Å². The van der Waals surface area contributed by atoms with Crippen LogP contribution in [0, 0.1) is 0 Å². The molecule has 0 spiro atoms. The van der Waals surface area contributed by atoms with Crippen molar-refractivity contribution in [1.82, 2.24) is 5.32 Å². The van der Waals surface area contributed by atoms with Gasteiger partial charge in [0.25, 0.3) is 6.43 Å². The molecule has 0 saturated carbocycles. The molecule has 9 heavy (non-hydrogen) atoms. The summed E-state index contributed by atoms with van der Waals surface area (Å²) in [7, 11) is 0. The Kier molecular flexibility index (Phi) is 3.04. The maximum absolute atomic E-state index is 11.9. The van der Waals surface area contributed by atoms with E-state index in [-0.39, 0.29) is 0 Å². The Bertz CT molecular complexity index is 81.1. The van der Waals surface area contributed by atoms with Crippen LogP contribution in [-0.2, 0) is 0 Å². The summed E-state index contributed by atoms with van der Waals surface area (Å²) >= 11 is 0. The summed E-state index contributed by atoms with van der Waals surface area (Å²) in [6.07, 6.45) is -2.29. The minimum absolute atomic E-state index is 0.581. The number of hydrogen-bond donors (Lipinski definition) is 1. The molecule has 1 N–H and O–H groups in total. The van der Waals surface area contributed by atoms with Crippen molar-refractivity contribution in [3.8, 4) is 0 Å². The third kappa shape index (κ3) is 2.75.